The van der Waals surface area contributed by atoms with Crippen molar-refractivity contribution in [3.05, 3.63) is 46.3 Å². The lowest BCUT2D eigenvalue weighted by Crippen LogP contribution is -2.13. The summed E-state index contributed by atoms with van der Waals surface area (Å²) in [5.74, 6) is -0.718. The van der Waals surface area contributed by atoms with Crippen LogP contribution in [0.1, 0.15) is 10.4 Å². The Bertz CT molecular complexity index is 649. The molecule has 1 aromatic carbocycles. The Morgan fingerprint density at radius 2 is 2.11 bits per heavy atom. The van der Waals surface area contributed by atoms with Crippen LogP contribution in [0.3, 0.4) is 0 Å². The molecular formula is C12H9BrFN3O2. The molecule has 7 heteroatoms. The lowest BCUT2D eigenvalue weighted by atomic mass is 10.2. The molecule has 0 radical (unpaired) electrons. The number of rotatable bonds is 3. The minimum absolute atomic E-state index is 0.0795. The lowest BCUT2D eigenvalue weighted by molar-refractivity contribution is 0.0998. The number of pyridine rings is 1. The quantitative estimate of drug-likeness (QED) is 0.906. The van der Waals surface area contributed by atoms with E-state index in [9.17, 15) is 9.18 Å². The Labute approximate surface area is 116 Å². The van der Waals surface area contributed by atoms with Gasteiger partial charge in [-0.3, -0.25) is 4.79 Å². The molecule has 0 saturated carbocycles. The van der Waals surface area contributed by atoms with Gasteiger partial charge in [-0.2, -0.15) is 0 Å². The van der Waals surface area contributed by atoms with Crippen LogP contribution in [0.15, 0.2) is 34.9 Å². The van der Waals surface area contributed by atoms with Gasteiger partial charge >= 0.3 is 0 Å². The van der Waals surface area contributed by atoms with Crippen molar-refractivity contribution < 1.29 is 13.9 Å². The summed E-state index contributed by atoms with van der Waals surface area (Å²) in [5.41, 5.74) is 10.7. The number of ether oxygens (including phenoxy) is 1. The van der Waals surface area contributed by atoms with Gasteiger partial charge in [-0.25, -0.2) is 9.37 Å². The summed E-state index contributed by atoms with van der Waals surface area (Å²) in [4.78, 5) is 15.1. The van der Waals surface area contributed by atoms with Crippen molar-refractivity contribution in [3.63, 3.8) is 0 Å². The van der Waals surface area contributed by atoms with Crippen LogP contribution in [0.5, 0.6) is 11.5 Å². The summed E-state index contributed by atoms with van der Waals surface area (Å²) in [5, 5.41) is 0. The Morgan fingerprint density at radius 1 is 1.37 bits per heavy atom. The van der Waals surface area contributed by atoms with Gasteiger partial charge in [-0.05, 0) is 34.1 Å². The van der Waals surface area contributed by atoms with Crippen molar-refractivity contribution in [2.75, 3.05) is 5.73 Å². The van der Waals surface area contributed by atoms with E-state index in [0.717, 1.165) is 0 Å². The van der Waals surface area contributed by atoms with Crippen LogP contribution in [0.25, 0.3) is 0 Å². The fraction of sp³-hybridized carbons (Fsp3) is 0. The van der Waals surface area contributed by atoms with Gasteiger partial charge in [0.15, 0.2) is 5.75 Å². The molecule has 0 saturated heterocycles. The highest BCUT2D eigenvalue weighted by atomic mass is 79.9. The number of primary amides is 1. The van der Waals surface area contributed by atoms with Gasteiger partial charge in [0.2, 0.25) is 0 Å². The number of nitrogens with zero attached hydrogens (tertiary/aromatic N) is 1. The van der Waals surface area contributed by atoms with E-state index < -0.39 is 11.7 Å². The minimum Gasteiger partial charge on any atom is -0.455 e. The molecule has 2 aromatic rings. The van der Waals surface area contributed by atoms with E-state index in [2.05, 4.69) is 20.9 Å². The van der Waals surface area contributed by atoms with Crippen LogP contribution in [0.4, 0.5) is 10.2 Å². The van der Waals surface area contributed by atoms with Crippen LogP contribution in [0, 0.1) is 5.82 Å². The van der Waals surface area contributed by atoms with Crippen LogP contribution in [-0.2, 0) is 0 Å². The number of halogens is 2. The Balaban J connectivity index is 2.37. The number of nitrogens with two attached hydrogens (primary N) is 2. The maximum Gasteiger partial charge on any atom is 0.252 e. The highest BCUT2D eigenvalue weighted by Crippen LogP contribution is 2.28. The number of hydrogen-bond acceptors (Lipinski definition) is 4. The van der Waals surface area contributed by atoms with Gasteiger partial charge in [0, 0.05) is 6.07 Å². The molecule has 0 bridgehead atoms. The first-order valence-corrected chi connectivity index (χ1v) is 5.95. The van der Waals surface area contributed by atoms with Crippen molar-refractivity contribution >= 4 is 27.7 Å². The van der Waals surface area contributed by atoms with Gasteiger partial charge in [0.25, 0.3) is 5.91 Å². The summed E-state index contributed by atoms with van der Waals surface area (Å²) in [7, 11) is 0. The van der Waals surface area contributed by atoms with Gasteiger partial charge in [-0.1, -0.05) is 0 Å². The summed E-state index contributed by atoms with van der Waals surface area (Å²) >= 11 is 3.03. The molecule has 1 heterocycles. The fourth-order valence-electron chi connectivity index (χ4n) is 1.40. The standard InChI is InChI=1S/C12H9BrFN3O2/c13-8-2-1-6(3-9(8)14)19-10-5-17-11(15)4-7(10)12(16)18/h1-5H,(H2,15,17)(H2,16,18). The van der Waals surface area contributed by atoms with Crippen molar-refractivity contribution in [3.8, 4) is 11.5 Å². The van der Waals surface area contributed by atoms with Crippen LogP contribution < -0.4 is 16.2 Å². The van der Waals surface area contributed by atoms with E-state index in [1.54, 1.807) is 0 Å². The predicted molar refractivity (Wildman–Crippen MR) is 71.3 cm³/mol. The van der Waals surface area contributed by atoms with Gasteiger partial charge in [0.05, 0.1) is 16.2 Å². The van der Waals surface area contributed by atoms with Gasteiger partial charge in [-0.15, -0.1) is 0 Å². The molecule has 0 aliphatic carbocycles. The molecule has 0 aliphatic heterocycles. The van der Waals surface area contributed by atoms with Crippen molar-refractivity contribution in [1.82, 2.24) is 4.98 Å². The molecule has 0 atom stereocenters. The van der Waals surface area contributed by atoms with E-state index in [4.69, 9.17) is 16.2 Å². The molecule has 0 spiro atoms. The zero-order valence-corrected chi connectivity index (χ0v) is 11.1. The zero-order chi connectivity index (χ0) is 14.0. The zero-order valence-electron chi connectivity index (χ0n) is 9.56. The average molecular weight is 326 g/mol. The molecule has 0 aliphatic rings. The fourth-order valence-corrected chi connectivity index (χ4v) is 1.65. The number of aromatic nitrogens is 1. The second-order valence-electron chi connectivity index (χ2n) is 3.65. The SMILES string of the molecule is NC(=O)c1cc(N)ncc1Oc1ccc(Br)c(F)c1. The summed E-state index contributed by atoms with van der Waals surface area (Å²) in [6, 6.07) is 5.49. The number of carbonyl (C=O) groups excluding carboxylic acids is 1. The molecule has 19 heavy (non-hydrogen) atoms. The largest absolute Gasteiger partial charge is 0.455 e. The molecule has 4 N–H and O–H groups in total. The average Bonchev–Trinajstić information content (AvgIpc) is 2.36. The molecule has 0 fully saturated rings. The number of anilines is 1. The van der Waals surface area contributed by atoms with Crippen molar-refractivity contribution in [1.29, 1.82) is 0 Å². The Morgan fingerprint density at radius 3 is 2.74 bits per heavy atom. The highest BCUT2D eigenvalue weighted by Gasteiger charge is 2.12. The van der Waals surface area contributed by atoms with E-state index in [1.165, 1.54) is 30.5 Å². The first-order valence-electron chi connectivity index (χ1n) is 5.15. The second-order valence-corrected chi connectivity index (χ2v) is 4.50. The lowest BCUT2D eigenvalue weighted by Gasteiger charge is -2.09. The third kappa shape index (κ3) is 3.00. The summed E-state index contributed by atoms with van der Waals surface area (Å²) < 4.78 is 19.0. The summed E-state index contributed by atoms with van der Waals surface area (Å²) in [6.07, 6.45) is 1.26. The van der Waals surface area contributed by atoms with Crippen molar-refractivity contribution in [2.24, 2.45) is 5.73 Å². The van der Waals surface area contributed by atoms with Crippen LogP contribution in [0.2, 0.25) is 0 Å². The smallest absolute Gasteiger partial charge is 0.252 e. The van der Waals surface area contributed by atoms with E-state index in [1.807, 2.05) is 0 Å². The summed E-state index contributed by atoms with van der Waals surface area (Å²) in [6.45, 7) is 0. The maximum atomic E-state index is 13.4. The molecule has 5 nitrogen and oxygen atoms in total. The van der Waals surface area contributed by atoms with Crippen molar-refractivity contribution in [2.45, 2.75) is 0 Å². The molecule has 1 amide bonds. The molecule has 98 valence electrons. The van der Waals surface area contributed by atoms with Gasteiger partial charge < -0.3 is 16.2 Å². The van der Waals surface area contributed by atoms with E-state index >= 15 is 0 Å². The van der Waals surface area contributed by atoms with Crippen LogP contribution in [-0.4, -0.2) is 10.9 Å². The predicted octanol–water partition coefficient (Wildman–Crippen LogP) is 2.46. The van der Waals surface area contributed by atoms with E-state index in [-0.39, 0.29) is 22.9 Å². The van der Waals surface area contributed by atoms with Gasteiger partial charge in [0.1, 0.15) is 17.4 Å². The molecule has 0 unspecified atom stereocenters. The van der Waals surface area contributed by atoms with Crippen LogP contribution >= 0.6 is 15.9 Å². The second kappa shape index (κ2) is 5.23. The number of carbonyl (C=O) groups is 1. The Kier molecular flexibility index (Phi) is 3.66. The molecule has 1 aromatic heterocycles. The number of nitrogen functional groups attached to an aromatic ring is 1. The number of hydrogen-bond donors (Lipinski definition) is 2. The van der Waals surface area contributed by atoms with E-state index in [0.29, 0.717) is 4.47 Å². The topological polar surface area (TPSA) is 91.2 Å². The third-order valence-electron chi connectivity index (χ3n) is 2.27. The highest BCUT2D eigenvalue weighted by molar-refractivity contribution is 9.10. The first-order chi connectivity index (χ1) is 8.97. The monoisotopic (exact) mass is 325 g/mol. The maximum absolute atomic E-state index is 13.4. The molecule has 2 rings (SSSR count). The normalized spacial score (nSPS) is 10.2. The number of benzene rings is 1. The third-order valence-corrected chi connectivity index (χ3v) is 2.92. The number of amides is 1. The minimum atomic E-state index is -0.707. The first kappa shape index (κ1) is 13.3. The Hall–Kier alpha value is -2.15. The molecular weight excluding hydrogens is 317 g/mol.